The topological polar surface area (TPSA) is 107 Å². The first-order valence-electron chi connectivity index (χ1n) is 4.60. The van der Waals surface area contributed by atoms with Gasteiger partial charge < -0.3 is 9.47 Å². The molecule has 0 unspecified atom stereocenters. The fourth-order valence-corrected chi connectivity index (χ4v) is 2.21. The van der Waals surface area contributed by atoms with Gasteiger partial charge in [-0.3, -0.25) is 4.55 Å². The normalized spacial score (nSPS) is 10.3. The number of hydrogen-bond donors (Lipinski definition) is 1. The number of methoxy groups -OCH3 is 2. The van der Waals surface area contributed by atoms with E-state index in [-0.39, 0.29) is 18.9 Å². The number of hydrogen-bond acceptors (Lipinski definition) is 6. The zero-order valence-corrected chi connectivity index (χ0v) is 11.4. The standard InChI is InChI=1S/C10H10O7S.Li/c1-16-9(11)6-4-3-5-7(10(12)17-2)8(6)18(13,14)15;/h3-5H,1-2H3,(H,13,14,15);/q;+1. The van der Waals surface area contributed by atoms with Gasteiger partial charge in [-0.05, 0) is 12.1 Å². The van der Waals surface area contributed by atoms with Crippen molar-refractivity contribution in [3.63, 3.8) is 0 Å². The van der Waals surface area contributed by atoms with Crippen molar-refractivity contribution in [3.05, 3.63) is 29.3 Å². The molecular formula is C10H10LiO7S+. The maximum Gasteiger partial charge on any atom is 1.00 e. The fourth-order valence-electron chi connectivity index (χ4n) is 1.36. The van der Waals surface area contributed by atoms with E-state index in [0.717, 1.165) is 26.4 Å². The summed E-state index contributed by atoms with van der Waals surface area (Å²) in [6.07, 6.45) is 0. The Hall–Kier alpha value is -1.33. The maximum atomic E-state index is 11.4. The average molecular weight is 281 g/mol. The molecule has 0 fully saturated rings. The number of carbonyl (C=O) groups is 2. The molecule has 0 saturated heterocycles. The number of carbonyl (C=O) groups excluding carboxylic acids is 2. The molecule has 0 atom stereocenters. The monoisotopic (exact) mass is 281 g/mol. The zero-order valence-electron chi connectivity index (χ0n) is 10.5. The van der Waals surface area contributed by atoms with Crippen molar-refractivity contribution in [2.45, 2.75) is 4.90 Å². The first kappa shape index (κ1) is 17.7. The third-order valence-corrected chi connectivity index (χ3v) is 3.04. The van der Waals surface area contributed by atoms with E-state index in [4.69, 9.17) is 4.55 Å². The molecule has 0 bridgehead atoms. The molecule has 1 aromatic rings. The molecule has 0 aliphatic heterocycles. The summed E-state index contributed by atoms with van der Waals surface area (Å²) in [5.74, 6) is -1.98. The van der Waals surface area contributed by atoms with E-state index in [2.05, 4.69) is 9.47 Å². The molecule has 98 valence electrons. The van der Waals surface area contributed by atoms with E-state index >= 15 is 0 Å². The van der Waals surface area contributed by atoms with E-state index in [0.29, 0.717) is 0 Å². The van der Waals surface area contributed by atoms with Crippen LogP contribution in [0.15, 0.2) is 23.1 Å². The first-order valence-corrected chi connectivity index (χ1v) is 6.04. The Kier molecular flexibility index (Phi) is 6.25. The van der Waals surface area contributed by atoms with Crippen molar-refractivity contribution in [2.75, 3.05) is 14.2 Å². The summed E-state index contributed by atoms with van der Waals surface area (Å²) < 4.78 is 40.4. The minimum absolute atomic E-state index is 0. The van der Waals surface area contributed by atoms with Crippen LogP contribution < -0.4 is 18.9 Å². The third-order valence-electron chi connectivity index (χ3n) is 2.08. The number of benzene rings is 1. The molecule has 0 heterocycles. The molecule has 9 heteroatoms. The van der Waals surface area contributed by atoms with Gasteiger partial charge >= 0.3 is 30.8 Å². The second-order valence-corrected chi connectivity index (χ2v) is 4.50. The summed E-state index contributed by atoms with van der Waals surface area (Å²) in [7, 11) is -2.69. The zero-order chi connectivity index (χ0) is 13.9. The number of esters is 2. The van der Waals surface area contributed by atoms with Crippen LogP contribution in [-0.2, 0) is 19.6 Å². The Morgan fingerprint density at radius 3 is 1.68 bits per heavy atom. The summed E-state index contributed by atoms with van der Waals surface area (Å²) >= 11 is 0. The van der Waals surface area contributed by atoms with Crippen LogP contribution in [0.5, 0.6) is 0 Å². The van der Waals surface area contributed by atoms with Crippen LogP contribution in [0.3, 0.4) is 0 Å². The second-order valence-electron chi connectivity index (χ2n) is 3.14. The Labute approximate surface area is 121 Å². The van der Waals surface area contributed by atoms with Gasteiger partial charge in [0.15, 0.2) is 0 Å². The molecule has 0 aliphatic rings. The van der Waals surface area contributed by atoms with E-state index in [1.54, 1.807) is 0 Å². The van der Waals surface area contributed by atoms with Gasteiger partial charge in [0, 0.05) is 0 Å². The minimum Gasteiger partial charge on any atom is -0.465 e. The molecule has 1 N–H and O–H groups in total. The molecule has 1 rings (SSSR count). The van der Waals surface area contributed by atoms with E-state index in [1.165, 1.54) is 6.07 Å². The summed E-state index contributed by atoms with van der Waals surface area (Å²) in [5, 5.41) is 0. The molecule has 0 aromatic heterocycles. The molecular weight excluding hydrogens is 271 g/mol. The van der Waals surface area contributed by atoms with Crippen LogP contribution in [0.2, 0.25) is 0 Å². The summed E-state index contributed by atoms with van der Waals surface area (Å²) in [4.78, 5) is 22.0. The van der Waals surface area contributed by atoms with E-state index in [9.17, 15) is 18.0 Å². The molecule has 19 heavy (non-hydrogen) atoms. The predicted molar refractivity (Wildman–Crippen MR) is 58.9 cm³/mol. The Morgan fingerprint density at radius 2 is 1.42 bits per heavy atom. The summed E-state index contributed by atoms with van der Waals surface area (Å²) in [6, 6.07) is 3.50. The molecule has 1 aromatic carbocycles. The van der Waals surface area contributed by atoms with Gasteiger partial charge in [-0.25, -0.2) is 9.59 Å². The third kappa shape index (κ3) is 3.81. The van der Waals surface area contributed by atoms with E-state index in [1.807, 2.05) is 0 Å². The van der Waals surface area contributed by atoms with Crippen LogP contribution >= 0.6 is 0 Å². The number of ether oxygens (including phenoxy) is 2. The van der Waals surface area contributed by atoms with Crippen LogP contribution in [-0.4, -0.2) is 39.1 Å². The van der Waals surface area contributed by atoms with Gasteiger partial charge in [0.1, 0.15) is 4.90 Å². The first-order chi connectivity index (χ1) is 8.32. The Bertz CT molecular complexity index is 560. The van der Waals surface area contributed by atoms with Crippen LogP contribution in [0.1, 0.15) is 20.7 Å². The Balaban J connectivity index is 0.00000324. The van der Waals surface area contributed by atoms with Crippen LogP contribution in [0.4, 0.5) is 0 Å². The Morgan fingerprint density at radius 1 is 1.05 bits per heavy atom. The van der Waals surface area contributed by atoms with Gasteiger partial charge in [-0.2, -0.15) is 8.42 Å². The van der Waals surface area contributed by atoms with Crippen molar-refractivity contribution < 1.29 is 50.9 Å². The number of rotatable bonds is 3. The maximum absolute atomic E-state index is 11.4. The van der Waals surface area contributed by atoms with Crippen molar-refractivity contribution in [3.8, 4) is 0 Å². The largest absolute Gasteiger partial charge is 1.00 e. The van der Waals surface area contributed by atoms with E-state index < -0.39 is 38.1 Å². The van der Waals surface area contributed by atoms with Crippen molar-refractivity contribution >= 4 is 22.1 Å². The molecule has 0 saturated carbocycles. The smallest absolute Gasteiger partial charge is 0.465 e. The van der Waals surface area contributed by atoms with Gasteiger partial charge in [-0.15, -0.1) is 0 Å². The predicted octanol–water partition coefficient (Wildman–Crippen LogP) is -2.49. The molecule has 0 aliphatic carbocycles. The van der Waals surface area contributed by atoms with Gasteiger partial charge in [0.25, 0.3) is 10.1 Å². The minimum atomic E-state index is -4.78. The SMILES string of the molecule is COC(=O)c1cccc(C(=O)OC)c1S(=O)(=O)O.[Li+]. The molecule has 0 spiro atoms. The summed E-state index contributed by atoms with van der Waals surface area (Å²) in [5.41, 5.74) is -0.884. The molecule has 7 nitrogen and oxygen atoms in total. The second kappa shape index (κ2) is 6.72. The fraction of sp³-hybridized carbons (Fsp3) is 0.200. The average Bonchev–Trinajstić information content (AvgIpc) is 2.34. The van der Waals surface area contributed by atoms with Crippen LogP contribution in [0, 0.1) is 0 Å². The van der Waals surface area contributed by atoms with Crippen molar-refractivity contribution in [2.24, 2.45) is 0 Å². The van der Waals surface area contributed by atoms with Crippen LogP contribution in [0.25, 0.3) is 0 Å². The quantitative estimate of drug-likeness (QED) is 0.371. The van der Waals surface area contributed by atoms with Crippen molar-refractivity contribution in [1.29, 1.82) is 0 Å². The summed E-state index contributed by atoms with van der Waals surface area (Å²) in [6.45, 7) is 0. The van der Waals surface area contributed by atoms with Gasteiger partial charge in [-0.1, -0.05) is 6.07 Å². The van der Waals surface area contributed by atoms with Gasteiger partial charge in [0.2, 0.25) is 0 Å². The van der Waals surface area contributed by atoms with Gasteiger partial charge in [0.05, 0.1) is 25.3 Å². The molecule has 0 radical (unpaired) electrons. The molecule has 0 amide bonds. The van der Waals surface area contributed by atoms with Crippen molar-refractivity contribution in [1.82, 2.24) is 0 Å².